The standard InChI is InChI=1S/C14H23N3O4/c1-3-17(8-13(19)20)11-5-10(6-11)15-14(21)9-4-12(18)16(2)7-9/h9-11H,3-8H2,1-2H3,(H,15,21)(H,19,20). The Morgan fingerprint density at radius 3 is 2.57 bits per heavy atom. The van der Waals surface area contributed by atoms with Crippen LogP contribution in [0.25, 0.3) is 0 Å². The minimum atomic E-state index is -0.822. The zero-order valence-electron chi connectivity index (χ0n) is 12.5. The van der Waals surface area contributed by atoms with Crippen LogP contribution in [-0.2, 0) is 14.4 Å². The van der Waals surface area contributed by atoms with Gasteiger partial charge in [-0.2, -0.15) is 0 Å². The summed E-state index contributed by atoms with van der Waals surface area (Å²) in [4.78, 5) is 37.7. The molecule has 1 saturated heterocycles. The number of aliphatic carboxylic acids is 1. The lowest BCUT2D eigenvalue weighted by atomic mass is 9.85. The maximum atomic E-state index is 12.1. The first-order chi connectivity index (χ1) is 9.90. The van der Waals surface area contributed by atoms with Gasteiger partial charge in [-0.15, -0.1) is 0 Å². The van der Waals surface area contributed by atoms with Crippen molar-refractivity contribution in [3.63, 3.8) is 0 Å². The lowest BCUT2D eigenvalue weighted by molar-refractivity contribution is -0.140. The van der Waals surface area contributed by atoms with Gasteiger partial charge in [-0.25, -0.2) is 0 Å². The molecule has 0 bridgehead atoms. The summed E-state index contributed by atoms with van der Waals surface area (Å²) in [5.74, 6) is -1.11. The van der Waals surface area contributed by atoms with E-state index in [1.165, 1.54) is 0 Å². The second-order valence-corrected chi connectivity index (χ2v) is 5.96. The van der Waals surface area contributed by atoms with Crippen LogP contribution in [0.5, 0.6) is 0 Å². The molecule has 2 aliphatic rings. The highest BCUT2D eigenvalue weighted by molar-refractivity contribution is 5.89. The average Bonchev–Trinajstić information content (AvgIpc) is 2.71. The molecule has 1 saturated carbocycles. The van der Waals surface area contributed by atoms with Crippen molar-refractivity contribution >= 4 is 17.8 Å². The highest BCUT2D eigenvalue weighted by Gasteiger charge is 2.38. The van der Waals surface area contributed by atoms with Gasteiger partial charge in [0.05, 0.1) is 12.5 Å². The summed E-state index contributed by atoms with van der Waals surface area (Å²) in [6, 6.07) is 0.329. The summed E-state index contributed by atoms with van der Waals surface area (Å²) < 4.78 is 0. The lowest BCUT2D eigenvalue weighted by Gasteiger charge is -2.42. The van der Waals surface area contributed by atoms with Crippen LogP contribution in [0.1, 0.15) is 26.2 Å². The summed E-state index contributed by atoms with van der Waals surface area (Å²) in [5.41, 5.74) is 0. The number of carboxylic acids is 1. The van der Waals surface area contributed by atoms with Crippen LogP contribution < -0.4 is 5.32 Å². The SMILES string of the molecule is CCN(CC(=O)O)C1CC(NC(=O)C2CC(=O)N(C)C2)C1. The third-order valence-electron chi connectivity index (χ3n) is 4.43. The predicted molar refractivity (Wildman–Crippen MR) is 75.6 cm³/mol. The summed E-state index contributed by atoms with van der Waals surface area (Å²) >= 11 is 0. The second-order valence-electron chi connectivity index (χ2n) is 5.96. The highest BCUT2D eigenvalue weighted by atomic mass is 16.4. The van der Waals surface area contributed by atoms with E-state index in [1.54, 1.807) is 11.9 Å². The molecule has 2 rings (SSSR count). The van der Waals surface area contributed by atoms with Gasteiger partial charge in [0.15, 0.2) is 0 Å². The molecule has 1 atom stereocenters. The van der Waals surface area contributed by atoms with Crippen LogP contribution in [0.3, 0.4) is 0 Å². The van der Waals surface area contributed by atoms with E-state index in [4.69, 9.17) is 5.11 Å². The van der Waals surface area contributed by atoms with Gasteiger partial charge >= 0.3 is 5.97 Å². The molecule has 1 aliphatic heterocycles. The molecule has 7 nitrogen and oxygen atoms in total. The van der Waals surface area contributed by atoms with Gasteiger partial charge in [-0.1, -0.05) is 6.92 Å². The fourth-order valence-corrected chi connectivity index (χ4v) is 3.03. The first kappa shape index (κ1) is 15.8. The number of likely N-dealkylation sites (tertiary alicyclic amines) is 1. The molecule has 2 fully saturated rings. The van der Waals surface area contributed by atoms with Gasteiger partial charge in [0, 0.05) is 32.1 Å². The topological polar surface area (TPSA) is 90.0 Å². The molecule has 0 aromatic rings. The van der Waals surface area contributed by atoms with Crippen LogP contribution in [0.2, 0.25) is 0 Å². The van der Waals surface area contributed by atoms with Crippen molar-refractivity contribution in [1.82, 2.24) is 15.1 Å². The molecule has 1 heterocycles. The van der Waals surface area contributed by atoms with Crippen molar-refractivity contribution in [3.05, 3.63) is 0 Å². The van der Waals surface area contributed by atoms with Gasteiger partial charge in [0.2, 0.25) is 11.8 Å². The Bertz CT molecular complexity index is 434. The van der Waals surface area contributed by atoms with Gasteiger partial charge in [-0.05, 0) is 19.4 Å². The van der Waals surface area contributed by atoms with Crippen LogP contribution in [0, 0.1) is 5.92 Å². The minimum Gasteiger partial charge on any atom is -0.480 e. The number of carboxylic acid groups (broad SMARTS) is 1. The smallest absolute Gasteiger partial charge is 0.317 e. The number of hydrogen-bond donors (Lipinski definition) is 2. The molecule has 0 radical (unpaired) electrons. The third-order valence-corrected chi connectivity index (χ3v) is 4.43. The summed E-state index contributed by atoms with van der Waals surface area (Å²) in [7, 11) is 1.71. The van der Waals surface area contributed by atoms with Crippen LogP contribution in [0.4, 0.5) is 0 Å². The van der Waals surface area contributed by atoms with Crippen molar-refractivity contribution in [2.75, 3.05) is 26.7 Å². The fourth-order valence-electron chi connectivity index (χ4n) is 3.03. The van der Waals surface area contributed by atoms with E-state index in [0.717, 1.165) is 12.8 Å². The molecule has 0 aromatic heterocycles. The third kappa shape index (κ3) is 3.72. The first-order valence-electron chi connectivity index (χ1n) is 7.40. The molecule has 2 N–H and O–H groups in total. The predicted octanol–water partition coefficient (Wildman–Crippen LogP) is -0.482. The van der Waals surface area contributed by atoms with Crippen LogP contribution in [0.15, 0.2) is 0 Å². The number of likely N-dealkylation sites (N-methyl/N-ethyl adjacent to an activating group) is 1. The Hall–Kier alpha value is -1.63. The Labute approximate surface area is 124 Å². The zero-order valence-corrected chi connectivity index (χ0v) is 12.5. The number of nitrogens with zero attached hydrogens (tertiary/aromatic N) is 2. The molecular weight excluding hydrogens is 274 g/mol. The van der Waals surface area contributed by atoms with E-state index in [0.29, 0.717) is 19.5 Å². The van der Waals surface area contributed by atoms with Crippen LogP contribution in [-0.4, -0.2) is 71.5 Å². The Balaban J connectivity index is 1.74. The van der Waals surface area contributed by atoms with Crippen molar-refractivity contribution in [1.29, 1.82) is 0 Å². The maximum Gasteiger partial charge on any atom is 0.317 e. The van der Waals surface area contributed by atoms with E-state index in [9.17, 15) is 14.4 Å². The zero-order chi connectivity index (χ0) is 15.6. The fraction of sp³-hybridized carbons (Fsp3) is 0.786. The molecule has 1 unspecified atom stereocenters. The molecule has 2 amide bonds. The van der Waals surface area contributed by atoms with Crippen molar-refractivity contribution in [2.45, 2.75) is 38.3 Å². The summed E-state index contributed by atoms with van der Waals surface area (Å²) in [6.45, 7) is 3.17. The van der Waals surface area contributed by atoms with Gasteiger partial charge in [0.25, 0.3) is 0 Å². The summed E-state index contributed by atoms with van der Waals surface area (Å²) in [6.07, 6.45) is 1.85. The number of amides is 2. The molecule has 7 heteroatoms. The molecular formula is C14H23N3O4. The van der Waals surface area contributed by atoms with Crippen molar-refractivity contribution in [3.8, 4) is 0 Å². The van der Waals surface area contributed by atoms with Gasteiger partial charge < -0.3 is 15.3 Å². The number of carbonyl (C=O) groups excluding carboxylic acids is 2. The average molecular weight is 297 g/mol. The minimum absolute atomic E-state index is 0.0141. The van der Waals surface area contributed by atoms with Gasteiger partial charge in [0.1, 0.15) is 0 Å². The monoisotopic (exact) mass is 297 g/mol. The maximum absolute atomic E-state index is 12.1. The van der Waals surface area contributed by atoms with Gasteiger partial charge in [-0.3, -0.25) is 19.3 Å². The quantitative estimate of drug-likeness (QED) is 0.691. The van der Waals surface area contributed by atoms with E-state index in [-0.39, 0.29) is 36.4 Å². The number of nitrogens with one attached hydrogen (secondary N) is 1. The molecule has 0 aromatic carbocycles. The Kier molecular flexibility index (Phi) is 4.82. The Morgan fingerprint density at radius 2 is 2.10 bits per heavy atom. The van der Waals surface area contributed by atoms with Crippen LogP contribution >= 0.6 is 0 Å². The summed E-state index contributed by atoms with van der Waals surface area (Å²) in [5, 5.41) is 11.8. The largest absolute Gasteiger partial charge is 0.480 e. The molecule has 21 heavy (non-hydrogen) atoms. The first-order valence-corrected chi connectivity index (χ1v) is 7.40. The highest BCUT2D eigenvalue weighted by Crippen LogP contribution is 2.26. The Morgan fingerprint density at radius 1 is 1.43 bits per heavy atom. The van der Waals surface area contributed by atoms with E-state index < -0.39 is 5.97 Å². The number of hydrogen-bond acceptors (Lipinski definition) is 4. The molecule has 1 aliphatic carbocycles. The number of carbonyl (C=O) groups is 3. The lowest BCUT2D eigenvalue weighted by Crippen LogP contribution is -2.55. The molecule has 118 valence electrons. The van der Waals surface area contributed by atoms with E-state index in [2.05, 4.69) is 5.32 Å². The van der Waals surface area contributed by atoms with Crippen molar-refractivity contribution in [2.24, 2.45) is 5.92 Å². The second kappa shape index (κ2) is 6.43. The van der Waals surface area contributed by atoms with E-state index in [1.807, 2.05) is 11.8 Å². The van der Waals surface area contributed by atoms with E-state index >= 15 is 0 Å². The van der Waals surface area contributed by atoms with Crippen molar-refractivity contribution < 1.29 is 19.5 Å². The normalized spacial score (nSPS) is 28.6. The number of rotatable bonds is 6. The molecule has 0 spiro atoms.